The highest BCUT2D eigenvalue weighted by Crippen LogP contribution is 2.19. The van der Waals surface area contributed by atoms with Crippen LogP contribution >= 0.6 is 0 Å². The van der Waals surface area contributed by atoms with Crippen molar-refractivity contribution in [3.63, 3.8) is 0 Å². The van der Waals surface area contributed by atoms with Crippen LogP contribution < -0.4 is 10.0 Å². The summed E-state index contributed by atoms with van der Waals surface area (Å²) in [5.74, 6) is -0.222. The van der Waals surface area contributed by atoms with E-state index in [9.17, 15) is 16.8 Å². The second-order valence-corrected chi connectivity index (χ2v) is 8.88. The number of benzene rings is 1. The zero-order valence-corrected chi connectivity index (χ0v) is 14.1. The molecule has 120 valence electrons. The fourth-order valence-corrected chi connectivity index (χ4v) is 3.64. The van der Waals surface area contributed by atoms with E-state index in [1.165, 1.54) is 6.07 Å². The summed E-state index contributed by atoms with van der Waals surface area (Å²) in [5, 5.41) is 3.12. The Balaban J connectivity index is 2.91. The Kier molecular flexibility index (Phi) is 6.33. The molecule has 0 heterocycles. The Morgan fingerprint density at radius 2 is 1.86 bits per heavy atom. The first kappa shape index (κ1) is 18.1. The zero-order chi connectivity index (χ0) is 16.1. The molecule has 1 atom stereocenters. The van der Waals surface area contributed by atoms with E-state index < -0.39 is 19.9 Å². The molecule has 0 amide bonds. The van der Waals surface area contributed by atoms with Gasteiger partial charge in [-0.25, -0.2) is 21.6 Å². The van der Waals surface area contributed by atoms with Gasteiger partial charge in [-0.1, -0.05) is 19.1 Å². The molecule has 2 N–H and O–H groups in total. The minimum absolute atomic E-state index is 0.0798. The van der Waals surface area contributed by atoms with Gasteiger partial charge in [0.25, 0.3) is 0 Å². The number of hydrogen-bond donors (Lipinski definition) is 2. The second-order valence-electron chi connectivity index (χ2n) is 4.85. The Labute approximate surface area is 126 Å². The minimum Gasteiger partial charge on any atom is -0.313 e. The summed E-state index contributed by atoms with van der Waals surface area (Å²) < 4.78 is 48.7. The summed E-state index contributed by atoms with van der Waals surface area (Å²) in [7, 11) is -5.07. The Morgan fingerprint density at radius 3 is 2.38 bits per heavy atom. The molecule has 0 radical (unpaired) electrons. The summed E-state index contributed by atoms with van der Waals surface area (Å²) in [5.41, 5.74) is 0.881. The SMILES string of the molecule is CCC(NC)c1cccc(S(=O)(=O)NCCS(C)(=O)=O)c1. The molecule has 1 unspecified atom stereocenters. The third-order valence-electron chi connectivity index (χ3n) is 3.09. The van der Waals surface area contributed by atoms with Crippen LogP contribution in [-0.2, 0) is 19.9 Å². The van der Waals surface area contributed by atoms with Crippen molar-refractivity contribution in [3.8, 4) is 0 Å². The van der Waals surface area contributed by atoms with Crippen LogP contribution in [0.1, 0.15) is 24.9 Å². The van der Waals surface area contributed by atoms with Gasteiger partial charge in [0.1, 0.15) is 9.84 Å². The van der Waals surface area contributed by atoms with Crippen LogP contribution in [0.4, 0.5) is 0 Å². The number of hydrogen-bond acceptors (Lipinski definition) is 5. The predicted molar refractivity (Wildman–Crippen MR) is 83.4 cm³/mol. The Morgan fingerprint density at radius 1 is 1.19 bits per heavy atom. The van der Waals surface area contributed by atoms with Gasteiger partial charge in [0.2, 0.25) is 10.0 Å². The molecule has 0 spiro atoms. The lowest BCUT2D eigenvalue weighted by molar-refractivity contribution is 0.571. The van der Waals surface area contributed by atoms with E-state index in [4.69, 9.17) is 0 Å². The van der Waals surface area contributed by atoms with Gasteiger partial charge < -0.3 is 5.32 Å². The van der Waals surface area contributed by atoms with E-state index in [1.54, 1.807) is 12.1 Å². The minimum atomic E-state index is -3.70. The summed E-state index contributed by atoms with van der Waals surface area (Å²) in [6.45, 7) is 1.88. The smallest absolute Gasteiger partial charge is 0.240 e. The summed E-state index contributed by atoms with van der Waals surface area (Å²) in [4.78, 5) is 0.141. The van der Waals surface area contributed by atoms with Crippen LogP contribution in [0.3, 0.4) is 0 Å². The Bertz CT molecular complexity index is 665. The van der Waals surface area contributed by atoms with Crippen LogP contribution in [0.2, 0.25) is 0 Å². The molecule has 0 aliphatic carbocycles. The molecule has 0 bridgehead atoms. The maximum atomic E-state index is 12.1. The molecular weight excluding hydrogens is 312 g/mol. The highest BCUT2D eigenvalue weighted by atomic mass is 32.2. The van der Waals surface area contributed by atoms with E-state index in [0.717, 1.165) is 18.2 Å². The van der Waals surface area contributed by atoms with Crippen molar-refractivity contribution >= 4 is 19.9 Å². The van der Waals surface area contributed by atoms with E-state index in [-0.39, 0.29) is 23.2 Å². The first-order valence-corrected chi connectivity index (χ1v) is 10.2. The molecule has 8 heteroatoms. The van der Waals surface area contributed by atoms with Crippen LogP contribution in [0, 0.1) is 0 Å². The van der Waals surface area contributed by atoms with Crippen molar-refractivity contribution in [3.05, 3.63) is 29.8 Å². The van der Waals surface area contributed by atoms with E-state index >= 15 is 0 Å². The van der Waals surface area contributed by atoms with Gasteiger partial charge >= 0.3 is 0 Å². The average molecular weight is 334 g/mol. The topological polar surface area (TPSA) is 92.3 Å². The number of sulfonamides is 1. The van der Waals surface area contributed by atoms with Crippen molar-refractivity contribution in [1.82, 2.24) is 10.0 Å². The fraction of sp³-hybridized carbons (Fsp3) is 0.538. The third kappa shape index (κ3) is 5.74. The first-order chi connectivity index (χ1) is 9.69. The molecule has 0 fully saturated rings. The van der Waals surface area contributed by atoms with Gasteiger partial charge in [0, 0.05) is 18.8 Å². The van der Waals surface area contributed by atoms with Gasteiger partial charge in [0.15, 0.2) is 0 Å². The fourth-order valence-electron chi connectivity index (χ4n) is 1.95. The molecular formula is C13H22N2O4S2. The van der Waals surface area contributed by atoms with Crippen molar-refractivity contribution < 1.29 is 16.8 Å². The molecule has 1 rings (SSSR count). The molecule has 6 nitrogen and oxygen atoms in total. The van der Waals surface area contributed by atoms with Crippen LogP contribution in [-0.4, -0.2) is 42.4 Å². The monoisotopic (exact) mass is 334 g/mol. The van der Waals surface area contributed by atoms with E-state index in [0.29, 0.717) is 0 Å². The highest BCUT2D eigenvalue weighted by Gasteiger charge is 2.16. The molecule has 21 heavy (non-hydrogen) atoms. The lowest BCUT2D eigenvalue weighted by Crippen LogP contribution is -2.29. The van der Waals surface area contributed by atoms with Crippen molar-refractivity contribution in [1.29, 1.82) is 0 Å². The van der Waals surface area contributed by atoms with Crippen molar-refractivity contribution in [2.75, 3.05) is 25.6 Å². The van der Waals surface area contributed by atoms with Crippen LogP contribution in [0.5, 0.6) is 0 Å². The molecule has 0 saturated carbocycles. The van der Waals surface area contributed by atoms with E-state index in [1.807, 2.05) is 20.0 Å². The van der Waals surface area contributed by atoms with Crippen LogP contribution in [0.25, 0.3) is 0 Å². The summed E-state index contributed by atoms with van der Waals surface area (Å²) >= 11 is 0. The van der Waals surface area contributed by atoms with Crippen molar-refractivity contribution in [2.45, 2.75) is 24.3 Å². The maximum Gasteiger partial charge on any atom is 0.240 e. The molecule has 1 aromatic carbocycles. The molecule has 1 aromatic rings. The normalized spacial score (nSPS) is 14.0. The van der Waals surface area contributed by atoms with Gasteiger partial charge in [-0.3, -0.25) is 0 Å². The Hall–Kier alpha value is -0.960. The summed E-state index contributed by atoms with van der Waals surface area (Å²) in [6.07, 6.45) is 1.90. The number of rotatable bonds is 8. The predicted octanol–water partition coefficient (Wildman–Crippen LogP) is 0.680. The lowest BCUT2D eigenvalue weighted by Gasteiger charge is -2.15. The highest BCUT2D eigenvalue weighted by molar-refractivity contribution is 7.91. The quantitative estimate of drug-likeness (QED) is 0.729. The third-order valence-corrected chi connectivity index (χ3v) is 5.50. The van der Waals surface area contributed by atoms with E-state index in [2.05, 4.69) is 10.0 Å². The maximum absolute atomic E-state index is 12.1. The molecule has 0 aromatic heterocycles. The standard InChI is InChI=1S/C13H22N2O4S2/c1-4-13(14-2)11-6-5-7-12(10-11)21(18,19)15-8-9-20(3,16)17/h5-7,10,13-15H,4,8-9H2,1-3H3. The largest absolute Gasteiger partial charge is 0.313 e. The summed E-state index contributed by atoms with van der Waals surface area (Å²) in [6, 6.07) is 6.72. The van der Waals surface area contributed by atoms with Gasteiger partial charge in [-0.15, -0.1) is 0 Å². The zero-order valence-electron chi connectivity index (χ0n) is 12.5. The lowest BCUT2D eigenvalue weighted by atomic mass is 10.1. The molecule has 0 saturated heterocycles. The number of sulfone groups is 1. The van der Waals surface area contributed by atoms with Gasteiger partial charge in [-0.2, -0.15) is 0 Å². The second kappa shape index (κ2) is 7.35. The van der Waals surface area contributed by atoms with Crippen LogP contribution in [0.15, 0.2) is 29.2 Å². The molecule has 0 aliphatic rings. The average Bonchev–Trinajstić information content (AvgIpc) is 2.39. The molecule has 0 aliphatic heterocycles. The first-order valence-electron chi connectivity index (χ1n) is 6.64. The van der Waals surface area contributed by atoms with Gasteiger partial charge in [0.05, 0.1) is 10.6 Å². The van der Waals surface area contributed by atoms with Crippen molar-refractivity contribution in [2.24, 2.45) is 0 Å². The number of nitrogens with one attached hydrogen (secondary N) is 2. The van der Waals surface area contributed by atoms with Gasteiger partial charge in [-0.05, 0) is 31.2 Å².